The highest BCUT2D eigenvalue weighted by Gasteiger charge is 2.29. The van der Waals surface area contributed by atoms with Crippen LogP contribution in [0.4, 0.5) is 0 Å². The van der Waals surface area contributed by atoms with E-state index in [0.29, 0.717) is 0 Å². The summed E-state index contributed by atoms with van der Waals surface area (Å²) in [7, 11) is 0. The van der Waals surface area contributed by atoms with Crippen LogP contribution in [0, 0.1) is 0 Å². The number of hydrogen-bond acceptors (Lipinski definition) is 4. The summed E-state index contributed by atoms with van der Waals surface area (Å²) < 4.78 is 0. The molecule has 0 bridgehead atoms. The molecule has 3 rings (SSSR count). The second kappa shape index (κ2) is 6.84. The molecule has 106 valence electrons. The summed E-state index contributed by atoms with van der Waals surface area (Å²) in [4.78, 5) is 6.82. The van der Waals surface area contributed by atoms with Gasteiger partial charge in [-0.2, -0.15) is 0 Å². The van der Waals surface area contributed by atoms with Crippen molar-refractivity contribution in [3.8, 4) is 0 Å². The minimum absolute atomic E-state index is 0.861. The molecule has 0 radical (unpaired) electrons. The van der Waals surface area contributed by atoms with Crippen LogP contribution in [-0.4, -0.2) is 61.7 Å². The number of nitrogens with one attached hydrogen (secondary N) is 1. The Morgan fingerprint density at radius 3 is 3.16 bits per heavy atom. The first-order valence-corrected chi connectivity index (χ1v) is 8.49. The fraction of sp³-hybridized carbons (Fsp3) is 0.733. The van der Waals surface area contributed by atoms with Gasteiger partial charge in [-0.25, -0.2) is 0 Å². The molecule has 3 nitrogen and oxygen atoms in total. The maximum atomic E-state index is 3.58. The zero-order valence-corrected chi connectivity index (χ0v) is 12.5. The monoisotopic (exact) mass is 279 g/mol. The van der Waals surface area contributed by atoms with Gasteiger partial charge in [0.15, 0.2) is 0 Å². The first-order chi connectivity index (χ1) is 9.42. The number of rotatable bonds is 6. The van der Waals surface area contributed by atoms with E-state index in [-0.39, 0.29) is 0 Å². The van der Waals surface area contributed by atoms with Crippen molar-refractivity contribution < 1.29 is 0 Å². The summed E-state index contributed by atoms with van der Waals surface area (Å²) in [5, 5.41) is 5.75. The van der Waals surface area contributed by atoms with E-state index in [1.807, 2.05) is 11.3 Å². The molecule has 2 aliphatic heterocycles. The van der Waals surface area contributed by atoms with Crippen molar-refractivity contribution >= 4 is 11.3 Å². The second-order valence-corrected chi connectivity index (χ2v) is 6.74. The van der Waals surface area contributed by atoms with Crippen molar-refractivity contribution in [2.24, 2.45) is 0 Å². The maximum absolute atomic E-state index is 3.58. The minimum Gasteiger partial charge on any atom is -0.315 e. The lowest BCUT2D eigenvalue weighted by Gasteiger charge is -2.37. The van der Waals surface area contributed by atoms with E-state index >= 15 is 0 Å². The molecule has 2 saturated heterocycles. The highest BCUT2D eigenvalue weighted by atomic mass is 32.1. The van der Waals surface area contributed by atoms with E-state index in [1.54, 1.807) is 0 Å². The van der Waals surface area contributed by atoms with E-state index in [0.717, 1.165) is 19.1 Å². The van der Waals surface area contributed by atoms with Crippen molar-refractivity contribution in [2.75, 3.05) is 45.8 Å². The van der Waals surface area contributed by atoms with Gasteiger partial charge in [0, 0.05) is 50.2 Å². The Morgan fingerprint density at radius 2 is 2.26 bits per heavy atom. The summed E-state index contributed by atoms with van der Waals surface area (Å²) in [6, 6.07) is 5.23. The molecule has 3 heterocycles. The summed E-state index contributed by atoms with van der Waals surface area (Å²) in [6.45, 7) is 8.67. The van der Waals surface area contributed by atoms with Gasteiger partial charge in [-0.1, -0.05) is 6.07 Å². The van der Waals surface area contributed by atoms with Gasteiger partial charge >= 0.3 is 0 Å². The van der Waals surface area contributed by atoms with Gasteiger partial charge in [0.1, 0.15) is 0 Å². The first kappa shape index (κ1) is 13.6. The highest BCUT2D eigenvalue weighted by molar-refractivity contribution is 7.09. The molecule has 4 heteroatoms. The van der Waals surface area contributed by atoms with E-state index < -0.39 is 0 Å². The molecule has 0 amide bonds. The number of fused-ring (bicyclic) bond motifs is 1. The third-order valence-electron chi connectivity index (χ3n) is 4.40. The predicted molar refractivity (Wildman–Crippen MR) is 81.9 cm³/mol. The second-order valence-electron chi connectivity index (χ2n) is 5.71. The minimum atomic E-state index is 0.861. The Labute approximate surface area is 120 Å². The first-order valence-electron chi connectivity index (χ1n) is 7.61. The highest BCUT2D eigenvalue weighted by Crippen LogP contribution is 2.20. The third-order valence-corrected chi connectivity index (χ3v) is 5.34. The smallest absolute Gasteiger partial charge is 0.0224 e. The van der Waals surface area contributed by atoms with E-state index in [1.165, 1.54) is 56.9 Å². The topological polar surface area (TPSA) is 18.5 Å². The number of nitrogens with zero attached hydrogens (tertiary/aromatic N) is 2. The zero-order valence-electron chi connectivity index (χ0n) is 11.7. The largest absolute Gasteiger partial charge is 0.315 e. The van der Waals surface area contributed by atoms with Crippen LogP contribution in [-0.2, 0) is 6.42 Å². The van der Waals surface area contributed by atoms with Crippen molar-refractivity contribution in [2.45, 2.75) is 25.3 Å². The van der Waals surface area contributed by atoms with Crippen LogP contribution in [0.3, 0.4) is 0 Å². The molecule has 19 heavy (non-hydrogen) atoms. The Morgan fingerprint density at radius 1 is 1.26 bits per heavy atom. The summed E-state index contributed by atoms with van der Waals surface area (Å²) in [5.74, 6) is 0. The zero-order chi connectivity index (χ0) is 12.9. The number of piperazine rings is 1. The van der Waals surface area contributed by atoms with Crippen LogP contribution >= 0.6 is 11.3 Å². The van der Waals surface area contributed by atoms with Gasteiger partial charge < -0.3 is 5.32 Å². The summed E-state index contributed by atoms with van der Waals surface area (Å²) in [6.07, 6.45) is 4.01. The summed E-state index contributed by atoms with van der Waals surface area (Å²) in [5.41, 5.74) is 0. The number of thiophene rings is 1. The normalized spacial score (nSPS) is 24.7. The predicted octanol–water partition coefficient (Wildman–Crippen LogP) is 1.66. The molecule has 1 atom stereocenters. The molecule has 2 fully saturated rings. The molecule has 1 N–H and O–H groups in total. The van der Waals surface area contributed by atoms with Gasteiger partial charge in [0.05, 0.1) is 0 Å². The molecule has 1 aromatic rings. The van der Waals surface area contributed by atoms with Crippen molar-refractivity contribution in [1.29, 1.82) is 0 Å². The van der Waals surface area contributed by atoms with Gasteiger partial charge in [0.25, 0.3) is 0 Å². The molecular formula is C15H25N3S. The van der Waals surface area contributed by atoms with Gasteiger partial charge in [-0.05, 0) is 37.3 Å². The quantitative estimate of drug-likeness (QED) is 0.799. The van der Waals surface area contributed by atoms with E-state index in [9.17, 15) is 0 Å². The lowest BCUT2D eigenvalue weighted by molar-refractivity contribution is 0.105. The fourth-order valence-electron chi connectivity index (χ4n) is 3.29. The lowest BCUT2D eigenvalue weighted by Crippen LogP contribution is -2.51. The Kier molecular flexibility index (Phi) is 4.88. The molecule has 2 aliphatic rings. The maximum Gasteiger partial charge on any atom is 0.0224 e. The van der Waals surface area contributed by atoms with E-state index in [4.69, 9.17) is 0 Å². The average molecular weight is 279 g/mol. The molecule has 1 unspecified atom stereocenters. The molecule has 0 aromatic carbocycles. The van der Waals surface area contributed by atoms with Crippen LogP contribution < -0.4 is 5.32 Å². The van der Waals surface area contributed by atoms with Crippen LogP contribution in [0.15, 0.2) is 17.5 Å². The SMILES string of the molecule is c1csc(CCNCCN2CCN3CCCC3C2)c1. The third kappa shape index (κ3) is 3.78. The van der Waals surface area contributed by atoms with Crippen LogP contribution in [0.2, 0.25) is 0 Å². The Bertz CT molecular complexity index is 365. The van der Waals surface area contributed by atoms with Crippen LogP contribution in [0.1, 0.15) is 17.7 Å². The standard InChI is InChI=1S/C15H25N3S/c1-3-14-13-17(10-11-18(14)8-1)9-7-16-6-5-15-4-2-12-19-15/h2,4,12,14,16H,1,3,5-11,13H2. The van der Waals surface area contributed by atoms with Crippen LogP contribution in [0.25, 0.3) is 0 Å². The molecule has 0 saturated carbocycles. The van der Waals surface area contributed by atoms with Gasteiger partial charge in [-0.3, -0.25) is 9.80 Å². The molecule has 0 spiro atoms. The van der Waals surface area contributed by atoms with Crippen molar-refractivity contribution in [3.63, 3.8) is 0 Å². The molecular weight excluding hydrogens is 254 g/mol. The molecule has 0 aliphatic carbocycles. The number of hydrogen-bond donors (Lipinski definition) is 1. The average Bonchev–Trinajstić information content (AvgIpc) is 3.08. The summed E-state index contributed by atoms with van der Waals surface area (Å²) >= 11 is 1.86. The van der Waals surface area contributed by atoms with Crippen LogP contribution in [0.5, 0.6) is 0 Å². The van der Waals surface area contributed by atoms with Gasteiger partial charge in [-0.15, -0.1) is 11.3 Å². The van der Waals surface area contributed by atoms with Crippen molar-refractivity contribution in [3.05, 3.63) is 22.4 Å². The van der Waals surface area contributed by atoms with Gasteiger partial charge in [0.2, 0.25) is 0 Å². The fourth-order valence-corrected chi connectivity index (χ4v) is 4.00. The molecule has 1 aromatic heterocycles. The Balaban J connectivity index is 1.28. The Hall–Kier alpha value is -0.420. The lowest BCUT2D eigenvalue weighted by atomic mass is 10.1. The van der Waals surface area contributed by atoms with Crippen molar-refractivity contribution in [1.82, 2.24) is 15.1 Å². The van der Waals surface area contributed by atoms with E-state index in [2.05, 4.69) is 32.6 Å².